The molecule has 0 spiro atoms. The predicted octanol–water partition coefficient (Wildman–Crippen LogP) is 8.70. The number of carbonyl (C=O) groups excluding carboxylic acids is 2. The number of methoxy groups -OCH3 is 1. The summed E-state index contributed by atoms with van der Waals surface area (Å²) >= 11 is 1.74. The van der Waals surface area contributed by atoms with Gasteiger partial charge in [0.15, 0.2) is 0 Å². The molecule has 0 aliphatic carbocycles. The van der Waals surface area contributed by atoms with Gasteiger partial charge in [-0.25, -0.2) is 0 Å². The number of ether oxygens (including phenoxy) is 1. The molecule has 6 heteroatoms. The number of thiophene rings is 1. The van der Waals surface area contributed by atoms with Crippen LogP contribution in [0.4, 0.5) is 0 Å². The van der Waals surface area contributed by atoms with Crippen LogP contribution in [0.1, 0.15) is 67.6 Å². The largest absolute Gasteiger partial charge is 0.497 e. The number of amides is 1. The molecule has 0 aliphatic heterocycles. The number of hydrogen-bond donors (Lipinski definition) is 2. The second-order valence-electron chi connectivity index (χ2n) is 10.7. The quantitative estimate of drug-likeness (QED) is 0.140. The number of aromatic nitrogens is 1. The van der Waals surface area contributed by atoms with Gasteiger partial charge in [-0.3, -0.25) is 9.59 Å². The fourth-order valence-corrected chi connectivity index (χ4v) is 6.56. The maximum absolute atomic E-state index is 13.5. The smallest absolute Gasteiger partial charge is 0.225 e. The van der Waals surface area contributed by atoms with Crippen molar-refractivity contribution in [3.05, 3.63) is 88.9 Å². The lowest BCUT2D eigenvalue weighted by molar-refractivity contribution is -0.121. The highest BCUT2D eigenvalue weighted by molar-refractivity contribution is 7.15. The second-order valence-corrected chi connectivity index (χ2v) is 11.8. The summed E-state index contributed by atoms with van der Waals surface area (Å²) in [6.45, 7) is 3.93. The van der Waals surface area contributed by atoms with Gasteiger partial charge in [-0.05, 0) is 78.1 Å². The molecule has 0 fully saturated rings. The molecule has 0 unspecified atom stereocenters. The summed E-state index contributed by atoms with van der Waals surface area (Å²) in [4.78, 5) is 31.0. The van der Waals surface area contributed by atoms with Crippen molar-refractivity contribution >= 4 is 44.7 Å². The van der Waals surface area contributed by atoms with Crippen LogP contribution in [0.2, 0.25) is 0 Å². The minimum absolute atomic E-state index is 0.00337. The number of rotatable bonds is 13. The van der Waals surface area contributed by atoms with Gasteiger partial charge in [-0.2, -0.15) is 0 Å². The van der Waals surface area contributed by atoms with E-state index in [0.29, 0.717) is 25.0 Å². The van der Waals surface area contributed by atoms with Gasteiger partial charge in [0, 0.05) is 39.2 Å². The average molecular weight is 567 g/mol. The first-order valence-electron chi connectivity index (χ1n) is 14.5. The molecule has 3 aromatic carbocycles. The third-order valence-corrected chi connectivity index (χ3v) is 9.09. The molecule has 2 aromatic heterocycles. The normalized spacial score (nSPS) is 12.1. The van der Waals surface area contributed by atoms with Crippen LogP contribution in [0, 0.1) is 6.92 Å². The molecule has 0 aliphatic rings. The highest BCUT2D eigenvalue weighted by atomic mass is 32.1. The van der Waals surface area contributed by atoms with Crippen molar-refractivity contribution in [2.75, 3.05) is 7.11 Å². The first-order chi connectivity index (χ1) is 19.9. The Morgan fingerprint density at radius 2 is 1.78 bits per heavy atom. The van der Waals surface area contributed by atoms with Crippen LogP contribution in [0.25, 0.3) is 32.1 Å². The number of aryl methyl sites for hydroxylation is 1. The van der Waals surface area contributed by atoms with E-state index in [9.17, 15) is 9.59 Å². The molecule has 1 amide bonds. The van der Waals surface area contributed by atoms with E-state index >= 15 is 0 Å². The first kappa shape index (κ1) is 28.6. The average Bonchev–Trinajstić information content (AvgIpc) is 3.60. The minimum Gasteiger partial charge on any atom is -0.497 e. The number of H-pyrrole nitrogens is 1. The van der Waals surface area contributed by atoms with Crippen molar-refractivity contribution in [2.24, 2.45) is 0 Å². The standard InChI is InChI=1S/C35H38N2O3S/c1-4-27(38)12-6-5-7-13-32(34-19-18-33(41-34)26-15-14-24-10-8-9-11-25(24)20-26)37-35(39)22-29-23(2)36-31-17-16-28(40-3)21-30(29)31/h8-11,14-21,32,36H,4-7,12-13,22H2,1-3H3,(H,37,39)/t32-/m0/s1. The van der Waals surface area contributed by atoms with E-state index < -0.39 is 0 Å². The van der Waals surface area contributed by atoms with Crippen LogP contribution >= 0.6 is 11.3 Å². The molecule has 5 rings (SSSR count). The monoisotopic (exact) mass is 566 g/mol. The van der Waals surface area contributed by atoms with E-state index in [2.05, 4.69) is 64.9 Å². The molecule has 0 saturated carbocycles. The molecule has 1 atom stereocenters. The zero-order chi connectivity index (χ0) is 28.8. The van der Waals surface area contributed by atoms with E-state index in [-0.39, 0.29) is 11.9 Å². The van der Waals surface area contributed by atoms with Gasteiger partial charge < -0.3 is 15.0 Å². The SMILES string of the molecule is CCC(=O)CCCCC[C@H](NC(=O)Cc1c(C)[nH]c2ccc(OC)cc12)c1ccc(-c2ccc3ccccc3c2)s1. The lowest BCUT2D eigenvalue weighted by Gasteiger charge is -2.18. The van der Waals surface area contributed by atoms with Gasteiger partial charge in [0.25, 0.3) is 0 Å². The van der Waals surface area contributed by atoms with Crippen LogP contribution in [-0.4, -0.2) is 23.8 Å². The van der Waals surface area contributed by atoms with E-state index in [1.165, 1.54) is 21.2 Å². The molecule has 0 bridgehead atoms. The summed E-state index contributed by atoms with van der Waals surface area (Å²) in [5.41, 5.74) is 4.18. The zero-order valence-electron chi connectivity index (χ0n) is 24.1. The number of hydrogen-bond acceptors (Lipinski definition) is 4. The van der Waals surface area contributed by atoms with Gasteiger partial charge in [0.2, 0.25) is 5.91 Å². The first-order valence-corrected chi connectivity index (χ1v) is 15.3. The fraction of sp³-hybridized carbons (Fsp3) is 0.314. The van der Waals surface area contributed by atoms with Gasteiger partial charge >= 0.3 is 0 Å². The summed E-state index contributed by atoms with van der Waals surface area (Å²) < 4.78 is 5.43. The molecule has 2 heterocycles. The Bertz CT molecular complexity index is 1660. The summed E-state index contributed by atoms with van der Waals surface area (Å²) in [5, 5.41) is 6.82. The Labute approximate surface area is 245 Å². The van der Waals surface area contributed by atoms with Gasteiger partial charge in [0.1, 0.15) is 11.5 Å². The molecule has 41 heavy (non-hydrogen) atoms. The summed E-state index contributed by atoms with van der Waals surface area (Å²) in [5.74, 6) is 1.10. The minimum atomic E-state index is -0.0800. The lowest BCUT2D eigenvalue weighted by atomic mass is 10.0. The number of ketones is 1. The topological polar surface area (TPSA) is 71.2 Å². The van der Waals surface area contributed by atoms with Gasteiger partial charge in [-0.15, -0.1) is 11.3 Å². The van der Waals surface area contributed by atoms with Crippen LogP contribution in [0.5, 0.6) is 5.75 Å². The molecule has 5 aromatic rings. The molecule has 0 saturated heterocycles. The van der Waals surface area contributed by atoms with E-state index in [1.807, 2.05) is 32.0 Å². The van der Waals surface area contributed by atoms with Crippen molar-refractivity contribution in [1.29, 1.82) is 0 Å². The number of unbranched alkanes of at least 4 members (excludes halogenated alkanes) is 2. The predicted molar refractivity (Wildman–Crippen MR) is 170 cm³/mol. The number of carbonyl (C=O) groups is 2. The molecule has 5 nitrogen and oxygen atoms in total. The Balaban J connectivity index is 1.34. The van der Waals surface area contributed by atoms with Crippen molar-refractivity contribution in [2.45, 2.75) is 64.8 Å². The highest BCUT2D eigenvalue weighted by Crippen LogP contribution is 2.35. The second kappa shape index (κ2) is 13.2. The van der Waals surface area contributed by atoms with Gasteiger partial charge in [0.05, 0.1) is 19.6 Å². The van der Waals surface area contributed by atoms with Crippen molar-refractivity contribution in [3.8, 4) is 16.2 Å². The number of nitrogens with one attached hydrogen (secondary N) is 2. The van der Waals surface area contributed by atoms with Crippen molar-refractivity contribution in [1.82, 2.24) is 10.3 Å². The van der Waals surface area contributed by atoms with Crippen LogP contribution < -0.4 is 10.1 Å². The summed E-state index contributed by atoms with van der Waals surface area (Å²) in [7, 11) is 1.66. The van der Waals surface area contributed by atoms with Gasteiger partial charge in [-0.1, -0.05) is 56.2 Å². The Morgan fingerprint density at radius 3 is 2.59 bits per heavy atom. The van der Waals surface area contributed by atoms with E-state index in [4.69, 9.17) is 4.74 Å². The van der Waals surface area contributed by atoms with Crippen molar-refractivity contribution in [3.63, 3.8) is 0 Å². The molecule has 2 N–H and O–H groups in total. The molecular formula is C35H38N2O3S. The van der Waals surface area contributed by atoms with Crippen molar-refractivity contribution < 1.29 is 14.3 Å². The molecule has 212 valence electrons. The number of benzene rings is 3. The fourth-order valence-electron chi connectivity index (χ4n) is 5.47. The number of aromatic amines is 1. The summed E-state index contributed by atoms with van der Waals surface area (Å²) in [6.07, 6.45) is 5.20. The Morgan fingerprint density at radius 1 is 0.951 bits per heavy atom. The summed E-state index contributed by atoms with van der Waals surface area (Å²) in [6, 6.07) is 25.1. The van der Waals surface area contributed by atoms with Crippen LogP contribution in [-0.2, 0) is 16.0 Å². The maximum atomic E-state index is 13.5. The highest BCUT2D eigenvalue weighted by Gasteiger charge is 2.20. The number of Topliss-reactive ketones (excluding diaryl/α,β-unsaturated/α-hetero) is 1. The van der Waals surface area contributed by atoms with Crippen LogP contribution in [0.15, 0.2) is 72.8 Å². The Hall–Kier alpha value is -3.90. The van der Waals surface area contributed by atoms with Crippen LogP contribution in [0.3, 0.4) is 0 Å². The third-order valence-electron chi connectivity index (χ3n) is 7.85. The van der Waals surface area contributed by atoms with E-state index in [0.717, 1.165) is 58.5 Å². The maximum Gasteiger partial charge on any atom is 0.225 e. The number of fused-ring (bicyclic) bond motifs is 2. The Kier molecular flexibility index (Phi) is 9.20. The zero-order valence-corrected chi connectivity index (χ0v) is 24.9. The molecular weight excluding hydrogens is 528 g/mol. The lowest BCUT2D eigenvalue weighted by Crippen LogP contribution is -2.29. The third kappa shape index (κ3) is 6.88. The molecule has 0 radical (unpaired) electrons. The van der Waals surface area contributed by atoms with E-state index in [1.54, 1.807) is 18.4 Å².